The molecule has 0 saturated carbocycles. The lowest BCUT2D eigenvalue weighted by Gasteiger charge is -2.43. The minimum Gasteiger partial charge on any atom is -0.508 e. The molecule has 0 radical (unpaired) electrons. The molecule has 2 fully saturated rings. The number of urea groups is 1. The molecule has 26 heavy (non-hydrogen) atoms. The van der Waals surface area contributed by atoms with E-state index < -0.39 is 0 Å². The fourth-order valence-corrected chi connectivity index (χ4v) is 4.84. The third kappa shape index (κ3) is 2.39. The second kappa shape index (κ2) is 6.20. The summed E-state index contributed by atoms with van der Waals surface area (Å²) >= 11 is 0. The van der Waals surface area contributed by atoms with E-state index in [0.29, 0.717) is 25.3 Å². The second-order valence-corrected chi connectivity index (χ2v) is 7.53. The number of allylic oxidation sites excluding steroid dienone is 1. The predicted molar refractivity (Wildman–Crippen MR) is 99.2 cm³/mol. The summed E-state index contributed by atoms with van der Waals surface area (Å²) in [6.07, 6.45) is 4.85. The van der Waals surface area contributed by atoms with Gasteiger partial charge in [0.05, 0.1) is 19.2 Å². The van der Waals surface area contributed by atoms with Gasteiger partial charge in [0.25, 0.3) is 0 Å². The number of fused-ring (bicyclic) bond motifs is 3. The number of likely N-dealkylation sites (tertiary alicyclic amines) is 1. The molecule has 2 saturated heterocycles. The summed E-state index contributed by atoms with van der Waals surface area (Å²) in [7, 11) is 3.76. The number of carbonyl (C=O) groups is 1. The molecule has 140 valence electrons. The van der Waals surface area contributed by atoms with Crippen molar-refractivity contribution in [2.24, 2.45) is 0 Å². The topological polar surface area (TPSA) is 56.3 Å². The van der Waals surface area contributed by atoms with Crippen molar-refractivity contribution >= 4 is 6.03 Å². The fraction of sp³-hybridized carbons (Fsp3) is 0.550. The number of piperidine rings is 1. The number of phenolic OH excluding ortho intramolecular Hbond substituents is 1. The molecule has 3 heterocycles. The van der Waals surface area contributed by atoms with Crippen LogP contribution in [0.3, 0.4) is 0 Å². The normalized spacial score (nSPS) is 22.1. The first-order valence-electron chi connectivity index (χ1n) is 9.37. The van der Waals surface area contributed by atoms with Gasteiger partial charge in [-0.15, -0.1) is 0 Å². The molecule has 0 bridgehead atoms. The summed E-state index contributed by atoms with van der Waals surface area (Å²) in [6, 6.07) is 3.50. The molecule has 1 aromatic carbocycles. The van der Waals surface area contributed by atoms with Crippen LogP contribution >= 0.6 is 0 Å². The van der Waals surface area contributed by atoms with Crippen LogP contribution in [-0.2, 0) is 13.0 Å². The summed E-state index contributed by atoms with van der Waals surface area (Å²) < 4.78 is 5.48. The number of aromatic hydroxyl groups is 1. The van der Waals surface area contributed by atoms with E-state index >= 15 is 0 Å². The van der Waals surface area contributed by atoms with Crippen LogP contribution in [-0.4, -0.2) is 65.2 Å². The number of likely N-dealkylation sites (N-methyl/N-ethyl adjacent to an activating group) is 1. The van der Waals surface area contributed by atoms with E-state index in [4.69, 9.17) is 4.74 Å². The Kier molecular flexibility index (Phi) is 4.10. The van der Waals surface area contributed by atoms with Crippen LogP contribution in [0.2, 0.25) is 0 Å². The summed E-state index contributed by atoms with van der Waals surface area (Å²) in [5, 5.41) is 10.1. The maximum Gasteiger partial charge on any atom is 0.325 e. The fourth-order valence-electron chi connectivity index (χ4n) is 4.84. The number of hydrogen-bond acceptors (Lipinski definition) is 4. The molecule has 1 N–H and O–H groups in total. The maximum atomic E-state index is 13.2. The Labute approximate surface area is 154 Å². The van der Waals surface area contributed by atoms with Crippen molar-refractivity contribution in [3.8, 4) is 11.5 Å². The Morgan fingerprint density at radius 1 is 1.27 bits per heavy atom. The SMILES string of the molecule is CCN1C(=O)N2Cc3cc(O)cc(OC)c3CC=C2C12CCN(C)CC2. The van der Waals surface area contributed by atoms with Gasteiger partial charge in [-0.3, -0.25) is 4.90 Å². The van der Waals surface area contributed by atoms with Gasteiger partial charge in [-0.05, 0) is 44.9 Å². The highest BCUT2D eigenvalue weighted by Crippen LogP contribution is 2.46. The largest absolute Gasteiger partial charge is 0.508 e. The van der Waals surface area contributed by atoms with E-state index in [1.165, 1.54) is 0 Å². The van der Waals surface area contributed by atoms with E-state index in [1.54, 1.807) is 19.2 Å². The van der Waals surface area contributed by atoms with E-state index in [-0.39, 0.29) is 17.3 Å². The van der Waals surface area contributed by atoms with Crippen LogP contribution < -0.4 is 4.74 Å². The number of benzene rings is 1. The van der Waals surface area contributed by atoms with Gasteiger partial charge in [0, 0.05) is 37.0 Å². The van der Waals surface area contributed by atoms with Crippen LogP contribution in [0.15, 0.2) is 23.9 Å². The van der Waals surface area contributed by atoms with Crippen molar-refractivity contribution in [3.05, 3.63) is 35.0 Å². The third-order valence-electron chi connectivity index (χ3n) is 6.21. The zero-order valence-corrected chi connectivity index (χ0v) is 15.8. The Balaban J connectivity index is 1.79. The molecule has 3 aliphatic rings. The quantitative estimate of drug-likeness (QED) is 0.884. The van der Waals surface area contributed by atoms with Crippen LogP contribution in [0.4, 0.5) is 4.79 Å². The third-order valence-corrected chi connectivity index (χ3v) is 6.21. The highest BCUT2D eigenvalue weighted by molar-refractivity contribution is 5.83. The van der Waals surface area contributed by atoms with Gasteiger partial charge in [-0.1, -0.05) is 6.08 Å². The van der Waals surface area contributed by atoms with E-state index in [2.05, 4.69) is 29.8 Å². The minimum absolute atomic E-state index is 0.0819. The molecule has 6 nitrogen and oxygen atoms in total. The number of hydrogen-bond donors (Lipinski definition) is 1. The molecule has 1 aromatic rings. The zero-order valence-electron chi connectivity index (χ0n) is 15.8. The molecule has 0 unspecified atom stereocenters. The Hall–Kier alpha value is -2.21. The van der Waals surface area contributed by atoms with Gasteiger partial charge in [-0.25, -0.2) is 4.79 Å². The lowest BCUT2D eigenvalue weighted by molar-refractivity contribution is 0.104. The molecule has 1 spiro atoms. The lowest BCUT2D eigenvalue weighted by atomic mass is 9.83. The van der Waals surface area contributed by atoms with Crippen LogP contribution in [0, 0.1) is 0 Å². The minimum atomic E-state index is -0.199. The molecule has 6 heteroatoms. The standard InChI is InChI=1S/C20H27N3O3/c1-4-23-19(25)22-13-14-11-15(24)12-17(26-3)16(14)5-6-18(22)20(23)7-9-21(2)10-8-20/h6,11-12,24H,4-5,7-10,13H2,1-3H3. The van der Waals surface area contributed by atoms with Crippen molar-refractivity contribution in [1.29, 1.82) is 0 Å². The van der Waals surface area contributed by atoms with Crippen molar-refractivity contribution in [2.75, 3.05) is 33.8 Å². The van der Waals surface area contributed by atoms with Gasteiger partial charge in [0.15, 0.2) is 0 Å². The number of nitrogens with zero attached hydrogens (tertiary/aromatic N) is 3. The summed E-state index contributed by atoms with van der Waals surface area (Å²) in [5.41, 5.74) is 2.96. The van der Waals surface area contributed by atoms with Gasteiger partial charge in [-0.2, -0.15) is 0 Å². The van der Waals surface area contributed by atoms with Crippen LogP contribution in [0.1, 0.15) is 30.9 Å². The van der Waals surface area contributed by atoms with E-state index in [1.807, 2.05) is 4.90 Å². The average molecular weight is 357 g/mol. The number of rotatable bonds is 2. The molecule has 2 amide bonds. The van der Waals surface area contributed by atoms with Crippen molar-refractivity contribution in [2.45, 2.75) is 38.3 Å². The lowest BCUT2D eigenvalue weighted by Crippen LogP contribution is -2.52. The van der Waals surface area contributed by atoms with Crippen molar-refractivity contribution in [1.82, 2.24) is 14.7 Å². The molecule has 0 aliphatic carbocycles. The molecule has 4 rings (SSSR count). The van der Waals surface area contributed by atoms with Crippen molar-refractivity contribution in [3.63, 3.8) is 0 Å². The molecule has 0 aromatic heterocycles. The Morgan fingerprint density at radius 3 is 2.65 bits per heavy atom. The highest BCUT2D eigenvalue weighted by atomic mass is 16.5. The van der Waals surface area contributed by atoms with Gasteiger partial charge in [0.1, 0.15) is 11.5 Å². The smallest absolute Gasteiger partial charge is 0.325 e. The van der Waals surface area contributed by atoms with Crippen LogP contribution in [0.25, 0.3) is 0 Å². The number of phenols is 1. The molecule has 0 atom stereocenters. The first-order chi connectivity index (χ1) is 12.5. The average Bonchev–Trinajstić information content (AvgIpc) is 2.76. The van der Waals surface area contributed by atoms with Gasteiger partial charge in [0.2, 0.25) is 0 Å². The first-order valence-corrected chi connectivity index (χ1v) is 9.37. The number of carbonyl (C=O) groups excluding carboxylic acids is 1. The van der Waals surface area contributed by atoms with E-state index in [0.717, 1.165) is 42.8 Å². The van der Waals surface area contributed by atoms with E-state index in [9.17, 15) is 9.90 Å². The van der Waals surface area contributed by atoms with Gasteiger partial charge >= 0.3 is 6.03 Å². The number of methoxy groups -OCH3 is 1. The number of ether oxygens (including phenoxy) is 1. The second-order valence-electron chi connectivity index (χ2n) is 7.53. The maximum absolute atomic E-state index is 13.2. The molecule has 3 aliphatic heterocycles. The Morgan fingerprint density at radius 2 is 2.00 bits per heavy atom. The zero-order chi connectivity index (χ0) is 18.5. The van der Waals surface area contributed by atoms with Crippen LogP contribution in [0.5, 0.6) is 11.5 Å². The summed E-state index contributed by atoms with van der Waals surface area (Å²) in [4.78, 5) is 19.5. The van der Waals surface area contributed by atoms with Crippen molar-refractivity contribution < 1.29 is 14.6 Å². The van der Waals surface area contributed by atoms with Gasteiger partial charge < -0.3 is 19.6 Å². The molecular weight excluding hydrogens is 330 g/mol. The highest BCUT2D eigenvalue weighted by Gasteiger charge is 2.54. The summed E-state index contributed by atoms with van der Waals surface area (Å²) in [5.74, 6) is 0.868. The number of amides is 2. The first kappa shape index (κ1) is 17.2. The molecular formula is C20H27N3O3. The monoisotopic (exact) mass is 357 g/mol. The summed E-state index contributed by atoms with van der Waals surface area (Å²) in [6.45, 7) is 5.25. The Bertz CT molecular complexity index is 766. The predicted octanol–water partition coefficient (Wildman–Crippen LogP) is 2.56.